The van der Waals surface area contributed by atoms with Crippen molar-refractivity contribution in [2.75, 3.05) is 37.9 Å². The van der Waals surface area contributed by atoms with Crippen LogP contribution in [0.5, 0.6) is 5.75 Å². The van der Waals surface area contributed by atoms with Crippen LogP contribution in [0.1, 0.15) is 49.5 Å². The van der Waals surface area contributed by atoms with Gasteiger partial charge in [-0.15, -0.1) is 0 Å². The molecule has 4 N–H and O–H groups in total. The maximum atomic E-state index is 15.6. The molecule has 2 aromatic rings. The van der Waals surface area contributed by atoms with Crippen LogP contribution in [0.25, 0.3) is 10.9 Å². The number of rotatable bonds is 6. The normalized spacial score (nSPS) is 19.3. The molecule has 1 aliphatic heterocycles. The van der Waals surface area contributed by atoms with Gasteiger partial charge < -0.3 is 30.4 Å². The first kappa shape index (κ1) is 21.4. The number of aromatic nitrogens is 1. The molecule has 2 heterocycles. The van der Waals surface area contributed by atoms with E-state index in [1.165, 1.54) is 13.3 Å². The zero-order chi connectivity index (χ0) is 22.7. The van der Waals surface area contributed by atoms with Gasteiger partial charge in [-0.3, -0.25) is 4.79 Å². The number of hydrogen-bond acceptors (Lipinski definition) is 6. The molecular weight excluding hydrogens is 403 g/mol. The van der Waals surface area contributed by atoms with Crippen LogP contribution in [0.3, 0.4) is 0 Å². The van der Waals surface area contributed by atoms with Crippen LogP contribution in [0.2, 0.25) is 0 Å². The Labute approximate surface area is 179 Å². The largest absolute Gasteiger partial charge is 0.492 e. The molecule has 1 aromatic heterocycles. The summed E-state index contributed by atoms with van der Waals surface area (Å²) < 4.78 is 23.0. The second-order valence-electron chi connectivity index (χ2n) is 9.05. The van der Waals surface area contributed by atoms with E-state index in [1.54, 1.807) is 4.57 Å². The maximum Gasteiger partial charge on any atom is 0.341 e. The number of nitrogens with one attached hydrogen (secondary N) is 1. The number of hydrogen-bond donors (Lipinski definition) is 3. The first-order valence-electron chi connectivity index (χ1n) is 10.5. The van der Waals surface area contributed by atoms with Gasteiger partial charge in [-0.2, -0.15) is 0 Å². The first-order chi connectivity index (χ1) is 14.6. The molecule has 168 valence electrons. The Morgan fingerprint density at radius 3 is 2.58 bits per heavy atom. The molecule has 1 atom stereocenters. The highest BCUT2D eigenvalue weighted by molar-refractivity contribution is 6.03. The van der Waals surface area contributed by atoms with Gasteiger partial charge in [-0.05, 0) is 46.1 Å². The van der Waals surface area contributed by atoms with E-state index in [2.05, 4.69) is 19.2 Å². The van der Waals surface area contributed by atoms with Crippen molar-refractivity contribution in [1.82, 2.24) is 9.88 Å². The standard InChI is InChI=1S/C22H29FN4O4/c1-22(2,25-3)11-7-8-26(9-11)18-15(23)16(24)14-17(20(18)31-4)27(12-5-6-12)10-13(19(14)28)21(29)30/h10-12,25H,5-9,24H2,1-4H3,(H,29,30)/t11-/m1/s1. The second kappa shape index (κ2) is 7.40. The number of methoxy groups -OCH3 is 1. The van der Waals surface area contributed by atoms with E-state index in [9.17, 15) is 14.7 Å². The molecule has 8 nitrogen and oxygen atoms in total. The summed E-state index contributed by atoms with van der Waals surface area (Å²) in [6, 6.07) is 0.0300. The summed E-state index contributed by atoms with van der Waals surface area (Å²) in [4.78, 5) is 26.5. The van der Waals surface area contributed by atoms with Crippen molar-refractivity contribution in [2.24, 2.45) is 5.92 Å². The van der Waals surface area contributed by atoms with Gasteiger partial charge in [0.15, 0.2) is 11.6 Å². The summed E-state index contributed by atoms with van der Waals surface area (Å²) in [6.45, 7) is 5.45. The van der Waals surface area contributed by atoms with Crippen LogP contribution in [0.15, 0.2) is 11.0 Å². The number of anilines is 2. The van der Waals surface area contributed by atoms with Crippen molar-refractivity contribution in [3.63, 3.8) is 0 Å². The summed E-state index contributed by atoms with van der Waals surface area (Å²) in [5, 5.41) is 12.7. The van der Waals surface area contributed by atoms with Crippen LogP contribution in [-0.2, 0) is 0 Å². The van der Waals surface area contributed by atoms with Crippen molar-refractivity contribution in [1.29, 1.82) is 0 Å². The lowest BCUT2D eigenvalue weighted by Crippen LogP contribution is -2.45. The van der Waals surface area contributed by atoms with Crippen LogP contribution in [0, 0.1) is 11.7 Å². The minimum atomic E-state index is -1.36. The number of carboxylic acid groups (broad SMARTS) is 1. The minimum absolute atomic E-state index is 0.0300. The van der Waals surface area contributed by atoms with Crippen molar-refractivity contribution in [2.45, 2.75) is 44.7 Å². The van der Waals surface area contributed by atoms with E-state index in [1.807, 2.05) is 11.9 Å². The van der Waals surface area contributed by atoms with Crippen molar-refractivity contribution in [3.8, 4) is 5.75 Å². The van der Waals surface area contributed by atoms with Crippen LogP contribution in [-0.4, -0.2) is 48.4 Å². The Hall–Kier alpha value is -2.81. The number of benzene rings is 1. The lowest BCUT2D eigenvalue weighted by atomic mass is 9.87. The highest BCUT2D eigenvalue weighted by Crippen LogP contribution is 2.47. The quantitative estimate of drug-likeness (QED) is 0.602. The van der Waals surface area contributed by atoms with E-state index < -0.39 is 22.8 Å². The molecule has 9 heteroatoms. The molecule has 0 radical (unpaired) electrons. The predicted octanol–water partition coefficient (Wildman–Crippen LogP) is 2.59. The van der Waals surface area contributed by atoms with E-state index in [4.69, 9.17) is 10.5 Å². The third-order valence-electron chi connectivity index (χ3n) is 6.92. The van der Waals surface area contributed by atoms with Crippen LogP contribution in [0.4, 0.5) is 15.8 Å². The van der Waals surface area contributed by atoms with E-state index in [-0.39, 0.29) is 40.0 Å². The van der Waals surface area contributed by atoms with E-state index in [0.29, 0.717) is 18.6 Å². The summed E-state index contributed by atoms with van der Waals surface area (Å²) in [5.74, 6) is -1.60. The molecule has 31 heavy (non-hydrogen) atoms. The summed E-state index contributed by atoms with van der Waals surface area (Å²) >= 11 is 0. The Morgan fingerprint density at radius 1 is 1.35 bits per heavy atom. The summed E-state index contributed by atoms with van der Waals surface area (Å²) in [7, 11) is 3.35. The van der Waals surface area contributed by atoms with Gasteiger partial charge in [-0.25, -0.2) is 9.18 Å². The number of nitrogens with two attached hydrogens (primary N) is 1. The molecular formula is C22H29FN4O4. The minimum Gasteiger partial charge on any atom is -0.492 e. The smallest absolute Gasteiger partial charge is 0.341 e. The van der Waals surface area contributed by atoms with Gasteiger partial charge in [0.1, 0.15) is 11.3 Å². The lowest BCUT2D eigenvalue weighted by molar-refractivity contribution is 0.0695. The number of nitrogen functional groups attached to an aromatic ring is 1. The zero-order valence-corrected chi connectivity index (χ0v) is 18.3. The Kier molecular flexibility index (Phi) is 5.12. The Balaban J connectivity index is 1.98. The topological polar surface area (TPSA) is 110 Å². The number of nitrogens with zero attached hydrogens (tertiary/aromatic N) is 2. The Bertz CT molecular complexity index is 1120. The fourth-order valence-corrected chi connectivity index (χ4v) is 4.59. The number of aromatic carboxylic acids is 1. The third-order valence-corrected chi connectivity index (χ3v) is 6.92. The molecule has 0 spiro atoms. The number of carboxylic acids is 1. The monoisotopic (exact) mass is 432 g/mol. The maximum absolute atomic E-state index is 15.6. The van der Waals surface area contributed by atoms with Gasteiger partial charge in [0.05, 0.1) is 23.7 Å². The third kappa shape index (κ3) is 3.31. The molecule has 1 saturated heterocycles. The SMILES string of the molecule is CNC(C)(C)[C@@H]1CCN(c2c(F)c(N)c3c(=O)c(C(=O)O)cn(C4CC4)c3c2OC)C1. The van der Waals surface area contributed by atoms with Gasteiger partial charge in [0.25, 0.3) is 0 Å². The van der Waals surface area contributed by atoms with Gasteiger partial charge in [0, 0.05) is 30.9 Å². The van der Waals surface area contributed by atoms with Crippen molar-refractivity contribution >= 4 is 28.2 Å². The van der Waals surface area contributed by atoms with Crippen molar-refractivity contribution in [3.05, 3.63) is 27.8 Å². The molecule has 2 fully saturated rings. The number of halogens is 1. The Morgan fingerprint density at radius 2 is 2.03 bits per heavy atom. The highest BCUT2D eigenvalue weighted by Gasteiger charge is 2.38. The van der Waals surface area contributed by atoms with Crippen LogP contribution >= 0.6 is 0 Å². The number of fused-ring (bicyclic) bond motifs is 1. The summed E-state index contributed by atoms with van der Waals surface area (Å²) in [6.07, 6.45) is 3.89. The van der Waals surface area contributed by atoms with Crippen LogP contribution < -0.4 is 26.1 Å². The van der Waals surface area contributed by atoms with E-state index >= 15 is 4.39 Å². The number of carbonyl (C=O) groups is 1. The van der Waals surface area contributed by atoms with E-state index in [0.717, 1.165) is 19.3 Å². The van der Waals surface area contributed by atoms with Crippen molar-refractivity contribution < 1.29 is 19.0 Å². The highest BCUT2D eigenvalue weighted by atomic mass is 19.1. The van der Waals surface area contributed by atoms with Gasteiger partial charge in [-0.1, -0.05) is 0 Å². The van der Waals surface area contributed by atoms with Gasteiger partial charge in [0.2, 0.25) is 5.43 Å². The number of ether oxygens (including phenoxy) is 1. The number of pyridine rings is 1. The molecule has 0 bridgehead atoms. The lowest BCUT2D eigenvalue weighted by Gasteiger charge is -2.32. The molecule has 0 amide bonds. The first-order valence-corrected chi connectivity index (χ1v) is 10.5. The fourth-order valence-electron chi connectivity index (χ4n) is 4.59. The predicted molar refractivity (Wildman–Crippen MR) is 118 cm³/mol. The molecule has 0 unspecified atom stereocenters. The average Bonchev–Trinajstić information content (AvgIpc) is 3.45. The zero-order valence-electron chi connectivity index (χ0n) is 18.3. The molecule has 1 aromatic carbocycles. The van der Waals surface area contributed by atoms with Gasteiger partial charge >= 0.3 is 5.97 Å². The second-order valence-corrected chi connectivity index (χ2v) is 9.05. The molecule has 4 rings (SSSR count). The average molecular weight is 432 g/mol. The summed E-state index contributed by atoms with van der Waals surface area (Å²) in [5.41, 5.74) is 5.07. The molecule has 2 aliphatic rings. The molecule has 1 saturated carbocycles. The molecule has 1 aliphatic carbocycles. The fraction of sp³-hybridized carbons (Fsp3) is 0.545.